The SMILES string of the molecule is CC1(Nc2nc3c(cc2C#N)CCC3)CCNC1. The summed E-state index contributed by atoms with van der Waals surface area (Å²) < 4.78 is 0. The van der Waals surface area contributed by atoms with Crippen LogP contribution in [0.15, 0.2) is 6.07 Å². The van der Waals surface area contributed by atoms with Crippen molar-refractivity contribution in [3.63, 3.8) is 0 Å². The Labute approximate surface area is 107 Å². The van der Waals surface area contributed by atoms with Gasteiger partial charge >= 0.3 is 0 Å². The van der Waals surface area contributed by atoms with E-state index in [1.807, 2.05) is 6.07 Å². The number of anilines is 1. The summed E-state index contributed by atoms with van der Waals surface area (Å²) in [4.78, 5) is 4.67. The molecule has 4 nitrogen and oxygen atoms in total. The molecule has 1 aromatic rings. The van der Waals surface area contributed by atoms with Crippen LogP contribution in [0.4, 0.5) is 5.82 Å². The van der Waals surface area contributed by atoms with Gasteiger partial charge in [0.1, 0.15) is 11.9 Å². The van der Waals surface area contributed by atoms with E-state index in [0.717, 1.165) is 44.6 Å². The van der Waals surface area contributed by atoms with Crippen LogP contribution in [0.2, 0.25) is 0 Å². The number of nitriles is 1. The number of hydrogen-bond donors (Lipinski definition) is 2. The zero-order valence-corrected chi connectivity index (χ0v) is 10.7. The van der Waals surface area contributed by atoms with Crippen molar-refractivity contribution >= 4 is 5.82 Å². The molecule has 1 unspecified atom stereocenters. The molecule has 0 radical (unpaired) electrons. The summed E-state index contributed by atoms with van der Waals surface area (Å²) in [6.45, 7) is 4.13. The molecule has 0 bridgehead atoms. The Morgan fingerprint density at radius 3 is 3.11 bits per heavy atom. The molecular weight excluding hydrogens is 224 g/mol. The van der Waals surface area contributed by atoms with Gasteiger partial charge in [0.2, 0.25) is 0 Å². The van der Waals surface area contributed by atoms with E-state index in [1.54, 1.807) is 0 Å². The van der Waals surface area contributed by atoms with Gasteiger partial charge in [-0.15, -0.1) is 0 Å². The van der Waals surface area contributed by atoms with Gasteiger partial charge in [0, 0.05) is 17.8 Å². The van der Waals surface area contributed by atoms with E-state index in [2.05, 4.69) is 28.6 Å². The maximum atomic E-state index is 9.26. The lowest BCUT2D eigenvalue weighted by molar-refractivity contribution is 0.563. The molecule has 2 N–H and O–H groups in total. The Kier molecular flexibility index (Phi) is 2.71. The zero-order valence-electron chi connectivity index (χ0n) is 10.7. The fourth-order valence-electron chi connectivity index (χ4n) is 2.86. The van der Waals surface area contributed by atoms with Crippen LogP contribution in [0.5, 0.6) is 0 Å². The smallest absolute Gasteiger partial charge is 0.144 e. The number of nitrogens with one attached hydrogen (secondary N) is 2. The molecule has 94 valence electrons. The van der Waals surface area contributed by atoms with Crippen LogP contribution in [-0.4, -0.2) is 23.6 Å². The molecule has 18 heavy (non-hydrogen) atoms. The number of pyridine rings is 1. The average Bonchev–Trinajstić information content (AvgIpc) is 2.96. The highest BCUT2D eigenvalue weighted by Crippen LogP contribution is 2.28. The van der Waals surface area contributed by atoms with Crippen LogP contribution in [0.25, 0.3) is 0 Å². The standard InChI is InChI=1S/C14H18N4/c1-14(5-6-16-9-14)18-13-11(8-15)7-10-3-2-4-12(10)17-13/h7,16H,2-6,9H2,1H3,(H,17,18). The predicted molar refractivity (Wildman–Crippen MR) is 70.5 cm³/mol. The highest BCUT2D eigenvalue weighted by molar-refractivity contribution is 5.56. The molecule has 1 aliphatic carbocycles. The predicted octanol–water partition coefficient (Wildman–Crippen LogP) is 1.61. The summed E-state index contributed by atoms with van der Waals surface area (Å²) in [5, 5.41) is 16.1. The van der Waals surface area contributed by atoms with Gasteiger partial charge < -0.3 is 10.6 Å². The minimum absolute atomic E-state index is 0.0193. The molecule has 2 heterocycles. The minimum Gasteiger partial charge on any atom is -0.362 e. The second kappa shape index (κ2) is 4.25. The van der Waals surface area contributed by atoms with E-state index >= 15 is 0 Å². The Bertz CT molecular complexity index is 509. The number of fused-ring (bicyclic) bond motifs is 1. The lowest BCUT2D eigenvalue weighted by atomic mass is 10.0. The zero-order chi connectivity index (χ0) is 12.6. The maximum absolute atomic E-state index is 9.26. The summed E-state index contributed by atoms with van der Waals surface area (Å²) in [6, 6.07) is 4.29. The fourth-order valence-corrected chi connectivity index (χ4v) is 2.86. The van der Waals surface area contributed by atoms with Crippen molar-refractivity contribution in [1.29, 1.82) is 5.26 Å². The third-order valence-corrected chi connectivity index (χ3v) is 3.96. The first-order valence-corrected chi connectivity index (χ1v) is 6.62. The third-order valence-electron chi connectivity index (χ3n) is 3.96. The molecule has 3 rings (SSSR count). The van der Waals surface area contributed by atoms with Crippen molar-refractivity contribution < 1.29 is 0 Å². The van der Waals surface area contributed by atoms with E-state index in [1.165, 1.54) is 11.3 Å². The summed E-state index contributed by atoms with van der Waals surface area (Å²) in [7, 11) is 0. The lowest BCUT2D eigenvalue weighted by Crippen LogP contribution is -2.37. The molecule has 0 aromatic carbocycles. The van der Waals surface area contributed by atoms with E-state index in [0.29, 0.717) is 5.56 Å². The quantitative estimate of drug-likeness (QED) is 0.827. The minimum atomic E-state index is 0.0193. The molecule has 1 atom stereocenters. The van der Waals surface area contributed by atoms with E-state index < -0.39 is 0 Å². The summed E-state index contributed by atoms with van der Waals surface area (Å²) in [5.41, 5.74) is 3.13. The largest absolute Gasteiger partial charge is 0.362 e. The molecule has 2 aliphatic rings. The average molecular weight is 242 g/mol. The third kappa shape index (κ3) is 1.95. The van der Waals surface area contributed by atoms with Gasteiger partial charge in [0.15, 0.2) is 0 Å². The van der Waals surface area contributed by atoms with Crippen LogP contribution >= 0.6 is 0 Å². The monoisotopic (exact) mass is 242 g/mol. The van der Waals surface area contributed by atoms with Crippen molar-refractivity contribution in [3.8, 4) is 6.07 Å². The van der Waals surface area contributed by atoms with Gasteiger partial charge in [-0.25, -0.2) is 4.98 Å². The maximum Gasteiger partial charge on any atom is 0.144 e. The second-order valence-electron chi connectivity index (χ2n) is 5.57. The molecule has 1 saturated heterocycles. The fraction of sp³-hybridized carbons (Fsp3) is 0.571. The summed E-state index contributed by atoms with van der Waals surface area (Å²) in [6.07, 6.45) is 4.34. The summed E-state index contributed by atoms with van der Waals surface area (Å²) in [5.74, 6) is 0.768. The molecule has 1 aliphatic heterocycles. The Morgan fingerprint density at radius 2 is 2.39 bits per heavy atom. The second-order valence-corrected chi connectivity index (χ2v) is 5.57. The van der Waals surface area contributed by atoms with Crippen LogP contribution in [0, 0.1) is 11.3 Å². The number of aryl methyl sites for hydroxylation is 2. The Balaban J connectivity index is 1.94. The van der Waals surface area contributed by atoms with Crippen LogP contribution in [0.1, 0.15) is 36.6 Å². The lowest BCUT2D eigenvalue weighted by Gasteiger charge is -2.26. The van der Waals surface area contributed by atoms with Crippen molar-refractivity contribution in [3.05, 3.63) is 22.9 Å². The van der Waals surface area contributed by atoms with Gasteiger partial charge in [0.25, 0.3) is 0 Å². The first kappa shape index (κ1) is 11.5. The topological polar surface area (TPSA) is 60.7 Å². The van der Waals surface area contributed by atoms with Gasteiger partial charge in [-0.2, -0.15) is 5.26 Å². The molecule has 1 aromatic heterocycles. The van der Waals surface area contributed by atoms with E-state index in [9.17, 15) is 5.26 Å². The molecule has 0 amide bonds. The number of nitrogens with zero attached hydrogens (tertiary/aromatic N) is 2. The molecular formula is C14H18N4. The van der Waals surface area contributed by atoms with Crippen molar-refractivity contribution in [2.24, 2.45) is 0 Å². The highest BCUT2D eigenvalue weighted by atomic mass is 15.1. The van der Waals surface area contributed by atoms with Crippen LogP contribution < -0.4 is 10.6 Å². The molecule has 0 spiro atoms. The van der Waals surface area contributed by atoms with Crippen LogP contribution in [-0.2, 0) is 12.8 Å². The number of aromatic nitrogens is 1. The first-order valence-electron chi connectivity index (χ1n) is 6.62. The first-order chi connectivity index (χ1) is 8.70. The van der Waals surface area contributed by atoms with Gasteiger partial charge in [-0.05, 0) is 50.8 Å². The Morgan fingerprint density at radius 1 is 1.50 bits per heavy atom. The number of hydrogen-bond acceptors (Lipinski definition) is 4. The van der Waals surface area contributed by atoms with Gasteiger partial charge in [-0.3, -0.25) is 0 Å². The van der Waals surface area contributed by atoms with Gasteiger partial charge in [0.05, 0.1) is 5.56 Å². The van der Waals surface area contributed by atoms with E-state index in [-0.39, 0.29) is 5.54 Å². The highest BCUT2D eigenvalue weighted by Gasteiger charge is 2.30. The molecule has 0 saturated carbocycles. The number of rotatable bonds is 2. The van der Waals surface area contributed by atoms with E-state index in [4.69, 9.17) is 0 Å². The Hall–Kier alpha value is -1.60. The van der Waals surface area contributed by atoms with Crippen molar-refractivity contribution in [2.75, 3.05) is 18.4 Å². The van der Waals surface area contributed by atoms with Gasteiger partial charge in [-0.1, -0.05) is 0 Å². The molecule has 4 heteroatoms. The van der Waals surface area contributed by atoms with Crippen LogP contribution in [0.3, 0.4) is 0 Å². The normalized spacial score (nSPS) is 25.8. The van der Waals surface area contributed by atoms with Crippen molar-refractivity contribution in [2.45, 2.75) is 38.1 Å². The summed E-state index contributed by atoms with van der Waals surface area (Å²) >= 11 is 0. The molecule has 1 fully saturated rings. The van der Waals surface area contributed by atoms with Crippen molar-refractivity contribution in [1.82, 2.24) is 10.3 Å².